The van der Waals surface area contributed by atoms with E-state index in [-0.39, 0.29) is 12.5 Å². The van der Waals surface area contributed by atoms with Crippen molar-refractivity contribution in [3.63, 3.8) is 0 Å². The van der Waals surface area contributed by atoms with E-state index in [4.69, 9.17) is 0 Å². The first kappa shape index (κ1) is 16.7. The lowest BCUT2D eigenvalue weighted by Gasteiger charge is -2.19. The van der Waals surface area contributed by atoms with Gasteiger partial charge in [0.1, 0.15) is 6.54 Å². The number of aryl methyl sites for hydroxylation is 1. The molecule has 3 heterocycles. The third-order valence-electron chi connectivity index (χ3n) is 4.43. The number of aromatic nitrogens is 4. The third kappa shape index (κ3) is 3.60. The van der Waals surface area contributed by atoms with Crippen molar-refractivity contribution in [1.29, 1.82) is 0 Å². The molecular formula is C18H20N6OS. The van der Waals surface area contributed by atoms with E-state index in [1.165, 1.54) is 23.3 Å². The van der Waals surface area contributed by atoms with E-state index in [1.807, 2.05) is 30.5 Å². The summed E-state index contributed by atoms with van der Waals surface area (Å²) in [7, 11) is 0. The van der Waals surface area contributed by atoms with Crippen molar-refractivity contribution in [3.8, 4) is 10.7 Å². The second-order valence-electron chi connectivity index (χ2n) is 6.36. The molecule has 7 nitrogen and oxygen atoms in total. The molecule has 1 aliphatic rings. The monoisotopic (exact) mass is 368 g/mol. The Labute approximate surface area is 155 Å². The highest BCUT2D eigenvalue weighted by Gasteiger charge is 2.14. The van der Waals surface area contributed by atoms with Crippen LogP contribution in [-0.2, 0) is 11.3 Å². The highest BCUT2D eigenvalue weighted by atomic mass is 32.1. The Balaban J connectivity index is 1.40. The second kappa shape index (κ2) is 7.25. The molecule has 0 atom stereocenters. The van der Waals surface area contributed by atoms with E-state index in [2.05, 4.69) is 37.8 Å². The molecule has 0 bridgehead atoms. The quantitative estimate of drug-likeness (QED) is 0.749. The van der Waals surface area contributed by atoms with Gasteiger partial charge in [-0.25, -0.2) is 0 Å². The lowest BCUT2D eigenvalue weighted by atomic mass is 10.1. The molecule has 134 valence electrons. The first-order chi connectivity index (χ1) is 12.7. The molecule has 1 aromatic carbocycles. The molecule has 1 N–H and O–H groups in total. The van der Waals surface area contributed by atoms with E-state index < -0.39 is 0 Å². The molecule has 1 aliphatic heterocycles. The zero-order chi connectivity index (χ0) is 17.9. The van der Waals surface area contributed by atoms with Crippen LogP contribution >= 0.6 is 11.3 Å². The molecule has 0 unspecified atom stereocenters. The standard InChI is InChI=1S/C18H20N6OS/c1-13-11-14(23-8-2-3-9-23)6-7-15(13)19-17(25)12-24-21-18(20-22-24)16-5-4-10-26-16/h4-7,10-11H,2-3,8-9,12H2,1H3,(H,19,25). The highest BCUT2D eigenvalue weighted by molar-refractivity contribution is 7.13. The molecule has 8 heteroatoms. The first-order valence-corrected chi connectivity index (χ1v) is 9.54. The number of nitrogens with zero attached hydrogens (tertiary/aromatic N) is 5. The number of carbonyl (C=O) groups excluding carboxylic acids is 1. The lowest BCUT2D eigenvalue weighted by molar-refractivity contribution is -0.117. The third-order valence-corrected chi connectivity index (χ3v) is 5.30. The number of tetrazole rings is 1. The second-order valence-corrected chi connectivity index (χ2v) is 7.31. The van der Waals surface area contributed by atoms with Crippen molar-refractivity contribution < 1.29 is 4.79 Å². The van der Waals surface area contributed by atoms with E-state index in [0.29, 0.717) is 5.82 Å². The van der Waals surface area contributed by atoms with Crippen LogP contribution in [-0.4, -0.2) is 39.2 Å². The number of hydrogen-bond donors (Lipinski definition) is 1. The number of nitrogens with one attached hydrogen (secondary N) is 1. The van der Waals surface area contributed by atoms with Crippen molar-refractivity contribution in [1.82, 2.24) is 20.2 Å². The first-order valence-electron chi connectivity index (χ1n) is 8.66. The number of carbonyl (C=O) groups is 1. The van der Waals surface area contributed by atoms with Crippen LogP contribution in [0.2, 0.25) is 0 Å². The minimum Gasteiger partial charge on any atom is -0.372 e. The van der Waals surface area contributed by atoms with Crippen molar-refractivity contribution in [2.24, 2.45) is 0 Å². The van der Waals surface area contributed by atoms with Gasteiger partial charge in [0.25, 0.3) is 0 Å². The van der Waals surface area contributed by atoms with Crippen molar-refractivity contribution in [2.75, 3.05) is 23.3 Å². The van der Waals surface area contributed by atoms with Gasteiger partial charge >= 0.3 is 0 Å². The maximum atomic E-state index is 12.3. The summed E-state index contributed by atoms with van der Waals surface area (Å²) in [5, 5.41) is 17.1. The van der Waals surface area contributed by atoms with Crippen LogP contribution in [0, 0.1) is 6.92 Å². The van der Waals surface area contributed by atoms with Gasteiger partial charge in [0.05, 0.1) is 4.88 Å². The van der Waals surface area contributed by atoms with E-state index in [0.717, 1.165) is 29.2 Å². The smallest absolute Gasteiger partial charge is 0.248 e. The fraction of sp³-hybridized carbons (Fsp3) is 0.333. The molecule has 1 amide bonds. The minimum atomic E-state index is -0.169. The van der Waals surface area contributed by atoms with Crippen LogP contribution in [0.25, 0.3) is 10.7 Å². The van der Waals surface area contributed by atoms with Crippen LogP contribution in [0.4, 0.5) is 11.4 Å². The SMILES string of the molecule is Cc1cc(N2CCCC2)ccc1NC(=O)Cn1nnc(-c2cccs2)n1. The molecular weight excluding hydrogens is 348 g/mol. The molecule has 4 rings (SSSR count). The molecule has 26 heavy (non-hydrogen) atoms. The van der Waals surface area contributed by atoms with Gasteiger partial charge in [0, 0.05) is 24.5 Å². The molecule has 0 saturated carbocycles. The average molecular weight is 368 g/mol. The van der Waals surface area contributed by atoms with Crippen LogP contribution in [0.5, 0.6) is 0 Å². The fourth-order valence-electron chi connectivity index (χ4n) is 3.09. The molecule has 0 spiro atoms. The Kier molecular flexibility index (Phi) is 4.66. The number of hydrogen-bond acceptors (Lipinski definition) is 6. The van der Waals surface area contributed by atoms with Gasteiger partial charge < -0.3 is 10.2 Å². The number of thiophene rings is 1. The molecule has 2 aromatic heterocycles. The summed E-state index contributed by atoms with van der Waals surface area (Å²) in [5.74, 6) is 0.371. The molecule has 0 radical (unpaired) electrons. The highest BCUT2D eigenvalue weighted by Crippen LogP contribution is 2.25. The van der Waals surface area contributed by atoms with Crippen LogP contribution in [0.3, 0.4) is 0 Å². The summed E-state index contributed by atoms with van der Waals surface area (Å²) < 4.78 is 0. The summed E-state index contributed by atoms with van der Waals surface area (Å²) in [6, 6.07) is 10.0. The normalized spacial score (nSPS) is 14.0. The van der Waals surface area contributed by atoms with Gasteiger partial charge in [0.15, 0.2) is 0 Å². The fourth-order valence-corrected chi connectivity index (χ4v) is 3.74. The summed E-state index contributed by atoms with van der Waals surface area (Å²) in [6.45, 7) is 4.26. The largest absolute Gasteiger partial charge is 0.372 e. The van der Waals surface area contributed by atoms with Gasteiger partial charge in [-0.2, -0.15) is 4.80 Å². The Morgan fingerprint density at radius 2 is 2.12 bits per heavy atom. The van der Waals surface area contributed by atoms with Gasteiger partial charge in [-0.15, -0.1) is 21.5 Å². The molecule has 1 saturated heterocycles. The Morgan fingerprint density at radius 3 is 2.85 bits per heavy atom. The van der Waals surface area contributed by atoms with Gasteiger partial charge in [-0.3, -0.25) is 4.79 Å². The van der Waals surface area contributed by atoms with E-state index in [1.54, 1.807) is 11.3 Å². The van der Waals surface area contributed by atoms with Crippen LogP contribution < -0.4 is 10.2 Å². The summed E-state index contributed by atoms with van der Waals surface area (Å²) >= 11 is 1.54. The summed E-state index contributed by atoms with van der Waals surface area (Å²) in [6.07, 6.45) is 2.49. The molecule has 1 fully saturated rings. The van der Waals surface area contributed by atoms with Gasteiger partial charge in [-0.1, -0.05) is 6.07 Å². The lowest BCUT2D eigenvalue weighted by Crippen LogP contribution is -2.21. The number of rotatable bonds is 5. The maximum absolute atomic E-state index is 12.3. The Morgan fingerprint density at radius 1 is 1.27 bits per heavy atom. The number of amides is 1. The Hall–Kier alpha value is -2.74. The number of anilines is 2. The van der Waals surface area contributed by atoms with Crippen LogP contribution in [0.1, 0.15) is 18.4 Å². The molecule has 0 aliphatic carbocycles. The minimum absolute atomic E-state index is 0.0334. The number of benzene rings is 1. The Bertz CT molecular complexity index is 898. The zero-order valence-electron chi connectivity index (χ0n) is 14.6. The summed E-state index contributed by atoms with van der Waals surface area (Å²) in [5.41, 5.74) is 3.08. The van der Waals surface area contributed by atoms with Crippen molar-refractivity contribution >= 4 is 28.6 Å². The van der Waals surface area contributed by atoms with Crippen molar-refractivity contribution in [2.45, 2.75) is 26.3 Å². The van der Waals surface area contributed by atoms with Gasteiger partial charge in [0.2, 0.25) is 11.7 Å². The topological polar surface area (TPSA) is 75.9 Å². The maximum Gasteiger partial charge on any atom is 0.248 e. The van der Waals surface area contributed by atoms with E-state index in [9.17, 15) is 4.79 Å². The predicted octanol–water partition coefficient (Wildman–Crippen LogP) is 2.95. The van der Waals surface area contributed by atoms with E-state index >= 15 is 0 Å². The molecule has 3 aromatic rings. The average Bonchev–Trinajstić information content (AvgIpc) is 3.39. The predicted molar refractivity (Wildman–Crippen MR) is 102 cm³/mol. The summed E-state index contributed by atoms with van der Waals surface area (Å²) in [4.78, 5) is 17.0. The van der Waals surface area contributed by atoms with Crippen molar-refractivity contribution in [3.05, 3.63) is 41.3 Å². The van der Waals surface area contributed by atoms with Gasteiger partial charge in [-0.05, 0) is 60.2 Å². The zero-order valence-corrected chi connectivity index (χ0v) is 15.4. The van der Waals surface area contributed by atoms with Crippen LogP contribution in [0.15, 0.2) is 35.7 Å².